The quantitative estimate of drug-likeness (QED) is 0.411. The summed E-state index contributed by atoms with van der Waals surface area (Å²) in [7, 11) is 0. The highest BCUT2D eigenvalue weighted by molar-refractivity contribution is 6.71. The summed E-state index contributed by atoms with van der Waals surface area (Å²) in [6, 6.07) is 14.0. The van der Waals surface area contributed by atoms with E-state index < -0.39 is 23.4 Å². The van der Waals surface area contributed by atoms with Crippen LogP contribution in [-0.2, 0) is 16.6 Å². The van der Waals surface area contributed by atoms with Crippen molar-refractivity contribution in [1.29, 1.82) is 0 Å². The van der Waals surface area contributed by atoms with Crippen molar-refractivity contribution >= 4 is 34.7 Å². The fourth-order valence-electron chi connectivity index (χ4n) is 4.81. The number of amides is 1. The van der Waals surface area contributed by atoms with Gasteiger partial charge >= 0.3 is 11.9 Å². The van der Waals surface area contributed by atoms with Crippen molar-refractivity contribution < 1.29 is 24.2 Å². The van der Waals surface area contributed by atoms with Crippen molar-refractivity contribution in [3.63, 3.8) is 0 Å². The van der Waals surface area contributed by atoms with Crippen LogP contribution in [0, 0.1) is 5.82 Å². The van der Waals surface area contributed by atoms with Crippen LogP contribution in [0.3, 0.4) is 0 Å². The lowest BCUT2D eigenvalue weighted by atomic mass is 9.86. The van der Waals surface area contributed by atoms with Crippen LogP contribution in [-0.4, -0.2) is 33.5 Å². The fraction of sp³-hybridized carbons (Fsp3) is 0.214. The molecule has 3 N–H and O–H groups in total. The number of hydrogen-bond acceptors (Lipinski definition) is 6. The van der Waals surface area contributed by atoms with Crippen LogP contribution in [0.5, 0.6) is 5.75 Å². The predicted octanol–water partition coefficient (Wildman–Crippen LogP) is 5.31. The number of nitrogens with one attached hydrogen (secondary N) is 1. The summed E-state index contributed by atoms with van der Waals surface area (Å²) in [6.45, 7) is 6.04. The summed E-state index contributed by atoms with van der Waals surface area (Å²) in [5.41, 5.74) is 6.66. The monoisotopic (exact) mass is 500 g/mol. The van der Waals surface area contributed by atoms with E-state index in [2.05, 4.69) is 29.5 Å². The molecule has 1 aliphatic heterocycles. The number of phenols is 1. The zero-order chi connectivity index (χ0) is 26.5. The van der Waals surface area contributed by atoms with E-state index in [-0.39, 0.29) is 33.5 Å². The van der Waals surface area contributed by atoms with E-state index in [4.69, 9.17) is 0 Å². The van der Waals surface area contributed by atoms with Crippen molar-refractivity contribution in [2.45, 2.75) is 39.0 Å². The van der Waals surface area contributed by atoms with E-state index in [1.165, 1.54) is 52.5 Å². The minimum atomic E-state index is -1.30. The first-order valence-corrected chi connectivity index (χ1v) is 11.8. The highest BCUT2D eigenvalue weighted by Crippen LogP contribution is 2.40. The molecule has 0 saturated heterocycles. The highest BCUT2D eigenvalue weighted by Gasteiger charge is 2.34. The molecule has 2 aliphatic rings. The normalized spacial score (nSPS) is 17.2. The smallest absolute Gasteiger partial charge is 0.339 e. The molecule has 188 valence electrons. The first-order valence-electron chi connectivity index (χ1n) is 11.8. The molecule has 0 saturated carbocycles. The van der Waals surface area contributed by atoms with Crippen LogP contribution in [0.15, 0.2) is 64.8 Å². The zero-order valence-electron chi connectivity index (χ0n) is 20.5. The van der Waals surface area contributed by atoms with Crippen LogP contribution >= 0.6 is 0 Å². The number of hydrogen-bond donors (Lipinski definition) is 3. The second-order valence-corrected chi connectivity index (χ2v) is 9.84. The van der Waals surface area contributed by atoms with Crippen LogP contribution in [0.1, 0.15) is 48.7 Å². The van der Waals surface area contributed by atoms with E-state index >= 15 is 0 Å². The Bertz CT molecular complexity index is 1530. The van der Waals surface area contributed by atoms with Gasteiger partial charge in [-0.3, -0.25) is 10.2 Å². The van der Waals surface area contributed by atoms with Gasteiger partial charge in [-0.2, -0.15) is 15.2 Å². The summed E-state index contributed by atoms with van der Waals surface area (Å²) in [6.07, 6.45) is 2.05. The number of para-hydroxylation sites is 1. The number of carbonyl (C=O) groups excluding carboxylic acids is 1. The second-order valence-electron chi connectivity index (χ2n) is 9.84. The minimum absolute atomic E-state index is 0.0266. The molecular weight excluding hydrogens is 475 g/mol. The Morgan fingerprint density at radius 1 is 1.16 bits per heavy atom. The van der Waals surface area contributed by atoms with Crippen molar-refractivity contribution in [2.75, 3.05) is 10.4 Å². The van der Waals surface area contributed by atoms with Gasteiger partial charge in [0.15, 0.2) is 5.71 Å². The predicted molar refractivity (Wildman–Crippen MR) is 140 cm³/mol. The first kappa shape index (κ1) is 24.2. The SMILES string of the molecule is CC1=NN(c2ccc3c(c2)C(C)(C)CC3)C(=O)C1=NNc1cc(F)cc(-c2cccc(C(=O)O)c2O)c1. The van der Waals surface area contributed by atoms with Crippen molar-refractivity contribution in [3.8, 4) is 16.9 Å². The van der Waals surface area contributed by atoms with E-state index in [0.29, 0.717) is 11.4 Å². The number of nitrogens with zero attached hydrogens (tertiary/aromatic N) is 3. The van der Waals surface area contributed by atoms with Crippen molar-refractivity contribution in [1.82, 2.24) is 0 Å². The van der Waals surface area contributed by atoms with Gasteiger partial charge in [-0.05, 0) is 78.3 Å². The number of carbonyl (C=O) groups is 2. The Balaban J connectivity index is 1.42. The maximum atomic E-state index is 14.4. The number of carboxylic acids is 1. The van der Waals surface area contributed by atoms with Gasteiger partial charge in [0.2, 0.25) is 0 Å². The van der Waals surface area contributed by atoms with Gasteiger partial charge in [-0.1, -0.05) is 32.0 Å². The van der Waals surface area contributed by atoms with Crippen LogP contribution in [0.2, 0.25) is 0 Å². The van der Waals surface area contributed by atoms with E-state index in [9.17, 15) is 24.2 Å². The average molecular weight is 501 g/mol. The maximum Gasteiger partial charge on any atom is 0.339 e. The maximum absolute atomic E-state index is 14.4. The third-order valence-corrected chi connectivity index (χ3v) is 6.85. The lowest BCUT2D eigenvalue weighted by molar-refractivity contribution is -0.112. The lowest BCUT2D eigenvalue weighted by Crippen LogP contribution is -2.28. The molecule has 37 heavy (non-hydrogen) atoms. The Morgan fingerprint density at radius 3 is 2.70 bits per heavy atom. The molecule has 0 unspecified atom stereocenters. The Labute approximate surface area is 212 Å². The van der Waals surface area contributed by atoms with E-state index in [0.717, 1.165) is 12.8 Å². The molecule has 0 bridgehead atoms. The van der Waals surface area contributed by atoms with Gasteiger partial charge in [0.25, 0.3) is 0 Å². The molecule has 5 rings (SSSR count). The van der Waals surface area contributed by atoms with Gasteiger partial charge in [-0.15, -0.1) is 0 Å². The number of benzene rings is 3. The summed E-state index contributed by atoms with van der Waals surface area (Å²) >= 11 is 0. The number of anilines is 2. The second kappa shape index (κ2) is 8.85. The largest absolute Gasteiger partial charge is 0.506 e. The zero-order valence-corrected chi connectivity index (χ0v) is 20.5. The molecule has 0 radical (unpaired) electrons. The standard InChI is InChI=1S/C28H25FN4O4/c1-15-24(26(35)33(32-15)20-8-7-16-9-10-28(2,3)23(16)14-20)31-30-19-12-17(11-18(29)13-19)21-5-4-6-22(25(21)34)27(36)37/h4-8,11-14,30,34H,9-10H2,1-3H3,(H,36,37). The van der Waals surface area contributed by atoms with Crippen LogP contribution in [0.25, 0.3) is 11.1 Å². The summed E-state index contributed by atoms with van der Waals surface area (Å²) in [4.78, 5) is 24.5. The number of carboxylic acid groups (broad SMARTS) is 1. The number of halogens is 1. The average Bonchev–Trinajstić information content (AvgIpc) is 3.31. The molecule has 9 heteroatoms. The van der Waals surface area contributed by atoms with E-state index in [1.807, 2.05) is 18.2 Å². The molecule has 3 aromatic carbocycles. The molecular formula is C28H25FN4O4. The molecule has 0 spiro atoms. The minimum Gasteiger partial charge on any atom is -0.506 e. The van der Waals surface area contributed by atoms with Gasteiger partial charge in [0, 0.05) is 5.56 Å². The molecule has 0 fully saturated rings. The Kier molecular flexibility index (Phi) is 5.78. The lowest BCUT2D eigenvalue weighted by Gasteiger charge is -2.21. The Hall–Kier alpha value is -4.53. The Morgan fingerprint density at radius 2 is 1.95 bits per heavy atom. The number of aryl methyl sites for hydroxylation is 1. The summed E-state index contributed by atoms with van der Waals surface area (Å²) < 4.78 is 14.4. The molecule has 8 nitrogen and oxygen atoms in total. The van der Waals surface area contributed by atoms with Gasteiger partial charge < -0.3 is 10.2 Å². The van der Waals surface area contributed by atoms with E-state index in [1.54, 1.807) is 6.92 Å². The summed E-state index contributed by atoms with van der Waals surface area (Å²) in [5, 5.41) is 29.6. The number of rotatable bonds is 5. The third kappa shape index (κ3) is 4.33. The highest BCUT2D eigenvalue weighted by atomic mass is 19.1. The third-order valence-electron chi connectivity index (χ3n) is 6.85. The molecule has 1 amide bonds. The number of hydrazone groups is 2. The van der Waals surface area contributed by atoms with Gasteiger partial charge in [0.05, 0.1) is 17.1 Å². The van der Waals surface area contributed by atoms with Crippen molar-refractivity contribution in [2.24, 2.45) is 10.2 Å². The molecule has 3 aromatic rings. The number of fused-ring (bicyclic) bond motifs is 1. The topological polar surface area (TPSA) is 115 Å². The summed E-state index contributed by atoms with van der Waals surface area (Å²) in [5.74, 6) is -2.82. The number of aromatic hydroxyl groups is 1. The molecule has 0 aromatic heterocycles. The molecule has 1 aliphatic carbocycles. The fourth-order valence-corrected chi connectivity index (χ4v) is 4.81. The number of aromatic carboxylic acids is 1. The van der Waals surface area contributed by atoms with Crippen LogP contribution in [0.4, 0.5) is 15.8 Å². The van der Waals surface area contributed by atoms with Gasteiger partial charge in [-0.25, -0.2) is 9.18 Å². The molecule has 0 atom stereocenters. The first-order chi connectivity index (χ1) is 17.5. The van der Waals surface area contributed by atoms with Crippen molar-refractivity contribution in [3.05, 3.63) is 77.1 Å². The van der Waals surface area contributed by atoms with Gasteiger partial charge in [0.1, 0.15) is 17.1 Å². The molecule has 1 heterocycles. The van der Waals surface area contributed by atoms with Crippen LogP contribution < -0.4 is 10.4 Å².